The standard InChI is InChI=1S/C19H21NO3/c1-3-14-9-7-8-12-16(14)17(21)20-13-19(2,18(22)23)15-10-5-4-6-11-15/h4-12H,3,13H2,1-2H3,(H,20,21)(H,22,23). The maximum absolute atomic E-state index is 12.4. The molecule has 1 atom stereocenters. The lowest BCUT2D eigenvalue weighted by atomic mass is 9.82. The lowest BCUT2D eigenvalue weighted by Crippen LogP contribution is -2.44. The summed E-state index contributed by atoms with van der Waals surface area (Å²) < 4.78 is 0. The van der Waals surface area contributed by atoms with Crippen molar-refractivity contribution < 1.29 is 14.7 Å². The quantitative estimate of drug-likeness (QED) is 0.862. The third kappa shape index (κ3) is 3.59. The summed E-state index contributed by atoms with van der Waals surface area (Å²) >= 11 is 0. The minimum atomic E-state index is -1.17. The first-order valence-corrected chi connectivity index (χ1v) is 7.64. The van der Waals surface area contributed by atoms with Gasteiger partial charge in [-0.15, -0.1) is 0 Å². The van der Waals surface area contributed by atoms with Gasteiger partial charge in [0.15, 0.2) is 0 Å². The van der Waals surface area contributed by atoms with Crippen LogP contribution in [0.2, 0.25) is 0 Å². The first kappa shape index (κ1) is 16.7. The highest BCUT2D eigenvalue weighted by Crippen LogP contribution is 2.23. The number of carboxylic acid groups (broad SMARTS) is 1. The van der Waals surface area contributed by atoms with E-state index in [1.165, 1.54) is 0 Å². The van der Waals surface area contributed by atoms with Crippen LogP contribution in [-0.4, -0.2) is 23.5 Å². The highest BCUT2D eigenvalue weighted by molar-refractivity contribution is 5.96. The van der Waals surface area contributed by atoms with E-state index >= 15 is 0 Å². The second-order valence-corrected chi connectivity index (χ2v) is 5.70. The number of amides is 1. The summed E-state index contributed by atoms with van der Waals surface area (Å²) in [6.07, 6.45) is 0.748. The highest BCUT2D eigenvalue weighted by atomic mass is 16.4. The van der Waals surface area contributed by atoms with Gasteiger partial charge in [0.1, 0.15) is 5.41 Å². The Kier molecular flexibility index (Phi) is 5.16. The third-order valence-electron chi connectivity index (χ3n) is 4.13. The van der Waals surface area contributed by atoms with Gasteiger partial charge in [-0.05, 0) is 30.5 Å². The summed E-state index contributed by atoms with van der Waals surface area (Å²) in [5.41, 5.74) is 1.03. The van der Waals surface area contributed by atoms with Gasteiger partial charge in [0.2, 0.25) is 0 Å². The molecule has 4 heteroatoms. The zero-order chi connectivity index (χ0) is 16.9. The number of hydrogen-bond donors (Lipinski definition) is 2. The second-order valence-electron chi connectivity index (χ2n) is 5.70. The van der Waals surface area contributed by atoms with E-state index in [0.29, 0.717) is 11.1 Å². The van der Waals surface area contributed by atoms with E-state index < -0.39 is 11.4 Å². The van der Waals surface area contributed by atoms with Crippen molar-refractivity contribution in [1.82, 2.24) is 5.32 Å². The van der Waals surface area contributed by atoms with Crippen molar-refractivity contribution in [1.29, 1.82) is 0 Å². The van der Waals surface area contributed by atoms with Crippen LogP contribution in [0.4, 0.5) is 0 Å². The van der Waals surface area contributed by atoms with Crippen molar-refractivity contribution in [2.75, 3.05) is 6.54 Å². The average Bonchev–Trinajstić information content (AvgIpc) is 2.59. The molecule has 2 aromatic carbocycles. The predicted octanol–water partition coefficient (Wildman–Crippen LogP) is 3.02. The van der Waals surface area contributed by atoms with Crippen molar-refractivity contribution >= 4 is 11.9 Å². The van der Waals surface area contributed by atoms with Crippen LogP contribution in [0.5, 0.6) is 0 Å². The summed E-state index contributed by atoms with van der Waals surface area (Å²) in [4.78, 5) is 24.2. The van der Waals surface area contributed by atoms with Crippen LogP contribution in [-0.2, 0) is 16.6 Å². The molecule has 0 heterocycles. The number of nitrogens with one attached hydrogen (secondary N) is 1. The first-order valence-electron chi connectivity index (χ1n) is 7.64. The average molecular weight is 311 g/mol. The van der Waals surface area contributed by atoms with Crippen LogP contribution in [0.25, 0.3) is 0 Å². The lowest BCUT2D eigenvalue weighted by Gasteiger charge is -2.26. The zero-order valence-electron chi connectivity index (χ0n) is 13.4. The molecule has 4 nitrogen and oxygen atoms in total. The molecule has 120 valence electrons. The van der Waals surface area contributed by atoms with Crippen LogP contribution < -0.4 is 5.32 Å². The topological polar surface area (TPSA) is 66.4 Å². The minimum absolute atomic E-state index is 0.0310. The van der Waals surface area contributed by atoms with Crippen molar-refractivity contribution in [2.45, 2.75) is 25.7 Å². The van der Waals surface area contributed by atoms with Gasteiger partial charge in [0, 0.05) is 12.1 Å². The number of carbonyl (C=O) groups excluding carboxylic acids is 1. The number of rotatable bonds is 6. The molecule has 0 saturated carbocycles. The van der Waals surface area contributed by atoms with E-state index in [2.05, 4.69) is 5.32 Å². The molecule has 2 aromatic rings. The fourth-order valence-electron chi connectivity index (χ4n) is 2.51. The Balaban J connectivity index is 2.20. The molecular formula is C19H21NO3. The van der Waals surface area contributed by atoms with Crippen LogP contribution in [0.1, 0.15) is 35.3 Å². The van der Waals surface area contributed by atoms with E-state index in [1.807, 2.05) is 31.2 Å². The van der Waals surface area contributed by atoms with Crippen molar-refractivity contribution in [2.24, 2.45) is 0 Å². The Morgan fingerprint density at radius 1 is 1.04 bits per heavy atom. The van der Waals surface area contributed by atoms with Gasteiger partial charge in [0.05, 0.1) is 0 Å². The number of benzene rings is 2. The minimum Gasteiger partial charge on any atom is -0.481 e. The summed E-state index contributed by atoms with van der Waals surface area (Å²) in [5, 5.41) is 12.4. The van der Waals surface area contributed by atoms with E-state index in [0.717, 1.165) is 12.0 Å². The van der Waals surface area contributed by atoms with E-state index in [-0.39, 0.29) is 12.5 Å². The number of carboxylic acids is 1. The summed E-state index contributed by atoms with van der Waals surface area (Å²) in [6.45, 7) is 3.64. The van der Waals surface area contributed by atoms with E-state index in [1.54, 1.807) is 37.3 Å². The fraction of sp³-hybridized carbons (Fsp3) is 0.263. The van der Waals surface area contributed by atoms with E-state index in [9.17, 15) is 14.7 Å². The largest absolute Gasteiger partial charge is 0.481 e. The predicted molar refractivity (Wildman–Crippen MR) is 89.6 cm³/mol. The molecule has 23 heavy (non-hydrogen) atoms. The molecule has 0 bridgehead atoms. The highest BCUT2D eigenvalue weighted by Gasteiger charge is 2.35. The lowest BCUT2D eigenvalue weighted by molar-refractivity contribution is -0.142. The molecule has 0 aliphatic heterocycles. The molecule has 0 spiro atoms. The molecular weight excluding hydrogens is 290 g/mol. The van der Waals surface area contributed by atoms with Crippen molar-refractivity contribution in [3.05, 3.63) is 71.3 Å². The maximum atomic E-state index is 12.4. The number of aliphatic carboxylic acids is 1. The molecule has 0 aromatic heterocycles. The Bertz CT molecular complexity index is 697. The summed E-state index contributed by atoms with van der Waals surface area (Å²) in [5.74, 6) is -1.21. The van der Waals surface area contributed by atoms with Gasteiger partial charge in [0.25, 0.3) is 5.91 Å². The van der Waals surface area contributed by atoms with E-state index in [4.69, 9.17) is 0 Å². The van der Waals surface area contributed by atoms with Crippen molar-refractivity contribution in [3.8, 4) is 0 Å². The molecule has 0 aliphatic rings. The summed E-state index contributed by atoms with van der Waals surface area (Å²) in [7, 11) is 0. The maximum Gasteiger partial charge on any atom is 0.315 e. The Labute approximate surface area is 136 Å². The van der Waals surface area contributed by atoms with Gasteiger partial charge in [-0.2, -0.15) is 0 Å². The second kappa shape index (κ2) is 7.09. The van der Waals surface area contributed by atoms with Crippen LogP contribution in [0.15, 0.2) is 54.6 Å². The Morgan fingerprint density at radius 2 is 1.65 bits per heavy atom. The third-order valence-corrected chi connectivity index (χ3v) is 4.13. The van der Waals surface area contributed by atoms with Crippen LogP contribution in [0.3, 0.4) is 0 Å². The number of aryl methyl sites for hydroxylation is 1. The molecule has 0 saturated heterocycles. The molecule has 0 fully saturated rings. The van der Waals surface area contributed by atoms with Gasteiger partial charge in [-0.25, -0.2) is 0 Å². The van der Waals surface area contributed by atoms with Gasteiger partial charge in [-0.1, -0.05) is 55.5 Å². The first-order chi connectivity index (χ1) is 11.0. The molecule has 0 aliphatic carbocycles. The fourth-order valence-corrected chi connectivity index (χ4v) is 2.51. The molecule has 1 amide bonds. The van der Waals surface area contributed by atoms with Crippen LogP contribution in [0, 0.1) is 0 Å². The molecule has 2 rings (SSSR count). The van der Waals surface area contributed by atoms with Crippen molar-refractivity contribution in [3.63, 3.8) is 0 Å². The zero-order valence-corrected chi connectivity index (χ0v) is 13.4. The Hall–Kier alpha value is -2.62. The van der Waals surface area contributed by atoms with Gasteiger partial charge < -0.3 is 10.4 Å². The Morgan fingerprint density at radius 3 is 2.26 bits per heavy atom. The summed E-state index contributed by atoms with van der Waals surface area (Å²) in [6, 6.07) is 16.3. The molecule has 1 unspecified atom stereocenters. The number of hydrogen-bond acceptors (Lipinski definition) is 2. The molecule has 0 radical (unpaired) electrons. The van der Waals surface area contributed by atoms with Gasteiger partial charge >= 0.3 is 5.97 Å². The van der Waals surface area contributed by atoms with Crippen LogP contribution >= 0.6 is 0 Å². The smallest absolute Gasteiger partial charge is 0.315 e. The monoisotopic (exact) mass is 311 g/mol. The normalized spacial score (nSPS) is 13.1. The molecule has 2 N–H and O–H groups in total. The van der Waals surface area contributed by atoms with Gasteiger partial charge in [-0.3, -0.25) is 9.59 Å². The SMILES string of the molecule is CCc1ccccc1C(=O)NCC(C)(C(=O)O)c1ccccc1. The number of carbonyl (C=O) groups is 2.